The van der Waals surface area contributed by atoms with Crippen LogP contribution in [0.3, 0.4) is 0 Å². The number of aromatic amines is 1. The van der Waals surface area contributed by atoms with Crippen LogP contribution in [0.15, 0.2) is 52.1 Å². The molecule has 0 saturated heterocycles. The van der Waals surface area contributed by atoms with E-state index in [1.165, 1.54) is 37.4 Å². The summed E-state index contributed by atoms with van der Waals surface area (Å²) >= 11 is 0. The Morgan fingerprint density at radius 2 is 1.83 bits per heavy atom. The molecule has 3 aromatic rings. The van der Waals surface area contributed by atoms with Crippen molar-refractivity contribution in [3.8, 4) is 11.4 Å². The number of H-pyrrole nitrogens is 1. The highest BCUT2D eigenvalue weighted by atomic mass is 16.6. The number of nitro benzene ring substituents is 1. The molecule has 0 radical (unpaired) electrons. The average Bonchev–Trinajstić information content (AvgIpc) is 2.54. The van der Waals surface area contributed by atoms with Gasteiger partial charge in [-0.1, -0.05) is 6.07 Å². The fraction of sp³-hybridized carbons (Fsp3) is 0.0667. The number of ether oxygens (including phenoxy) is 1. The summed E-state index contributed by atoms with van der Waals surface area (Å²) in [5.74, 6) is 0.560. The second-order valence-electron chi connectivity index (χ2n) is 4.73. The number of methoxy groups -OCH3 is 1. The molecule has 0 aliphatic rings. The second kappa shape index (κ2) is 5.41. The van der Waals surface area contributed by atoms with E-state index in [1.54, 1.807) is 12.1 Å². The standard InChI is InChI=1S/C15H11N3O5/c1-23-10-7-5-9(6-8-10)17-14(19)13-11(16-15(17)20)3-2-4-12(13)18(21)22/h2-8H,1H3,(H,16,20). The van der Waals surface area contributed by atoms with Gasteiger partial charge in [0.1, 0.15) is 11.1 Å². The Morgan fingerprint density at radius 1 is 1.13 bits per heavy atom. The Kier molecular flexibility index (Phi) is 3.41. The summed E-state index contributed by atoms with van der Waals surface area (Å²) in [7, 11) is 1.49. The maximum absolute atomic E-state index is 12.6. The number of aromatic nitrogens is 2. The fourth-order valence-electron chi connectivity index (χ4n) is 2.36. The second-order valence-corrected chi connectivity index (χ2v) is 4.73. The third-order valence-electron chi connectivity index (χ3n) is 3.43. The number of fused-ring (bicyclic) bond motifs is 1. The van der Waals surface area contributed by atoms with E-state index < -0.39 is 16.2 Å². The van der Waals surface area contributed by atoms with Crippen LogP contribution in [-0.4, -0.2) is 21.6 Å². The first-order valence-electron chi connectivity index (χ1n) is 6.60. The highest BCUT2D eigenvalue weighted by Gasteiger charge is 2.19. The summed E-state index contributed by atoms with van der Waals surface area (Å²) in [5, 5.41) is 11.0. The van der Waals surface area contributed by atoms with Gasteiger partial charge in [0, 0.05) is 6.07 Å². The van der Waals surface area contributed by atoms with Crippen LogP contribution in [-0.2, 0) is 0 Å². The van der Waals surface area contributed by atoms with E-state index in [-0.39, 0.29) is 22.3 Å². The van der Waals surface area contributed by atoms with Gasteiger partial charge in [-0.25, -0.2) is 9.36 Å². The number of hydrogen-bond donors (Lipinski definition) is 1. The minimum absolute atomic E-state index is 0.124. The van der Waals surface area contributed by atoms with Gasteiger partial charge in [0.15, 0.2) is 0 Å². The normalized spacial score (nSPS) is 10.7. The molecule has 23 heavy (non-hydrogen) atoms. The van der Waals surface area contributed by atoms with Gasteiger partial charge in [-0.05, 0) is 30.3 Å². The van der Waals surface area contributed by atoms with Crippen molar-refractivity contribution in [1.29, 1.82) is 0 Å². The van der Waals surface area contributed by atoms with E-state index in [0.29, 0.717) is 5.75 Å². The van der Waals surface area contributed by atoms with Crippen molar-refractivity contribution in [2.24, 2.45) is 0 Å². The quantitative estimate of drug-likeness (QED) is 0.583. The lowest BCUT2D eigenvalue weighted by atomic mass is 10.2. The van der Waals surface area contributed by atoms with E-state index in [4.69, 9.17) is 4.74 Å². The SMILES string of the molecule is COc1ccc(-n2c(=O)[nH]c3cccc([N+](=O)[O-])c3c2=O)cc1. The van der Waals surface area contributed by atoms with Gasteiger partial charge < -0.3 is 9.72 Å². The number of benzene rings is 2. The summed E-state index contributed by atoms with van der Waals surface area (Å²) in [6, 6.07) is 10.3. The zero-order valence-electron chi connectivity index (χ0n) is 12.0. The monoisotopic (exact) mass is 313 g/mol. The van der Waals surface area contributed by atoms with Crippen LogP contribution in [0.25, 0.3) is 16.6 Å². The number of nitrogens with one attached hydrogen (secondary N) is 1. The molecule has 0 amide bonds. The predicted octanol–water partition coefficient (Wildman–Crippen LogP) is 1.60. The topological polar surface area (TPSA) is 107 Å². The minimum atomic E-state index is -0.749. The van der Waals surface area contributed by atoms with Crippen LogP contribution in [0.2, 0.25) is 0 Å². The highest BCUT2D eigenvalue weighted by molar-refractivity contribution is 5.87. The summed E-state index contributed by atoms with van der Waals surface area (Å²) in [5.41, 5.74) is -1.36. The number of nitro groups is 1. The van der Waals surface area contributed by atoms with Crippen LogP contribution >= 0.6 is 0 Å². The molecular formula is C15H11N3O5. The van der Waals surface area contributed by atoms with E-state index >= 15 is 0 Å². The Morgan fingerprint density at radius 3 is 2.43 bits per heavy atom. The van der Waals surface area contributed by atoms with Gasteiger partial charge in [0.05, 0.1) is 23.2 Å². The van der Waals surface area contributed by atoms with Crippen molar-refractivity contribution in [3.63, 3.8) is 0 Å². The van der Waals surface area contributed by atoms with Crippen LogP contribution in [0.4, 0.5) is 5.69 Å². The molecule has 8 nitrogen and oxygen atoms in total. The van der Waals surface area contributed by atoms with Crippen LogP contribution < -0.4 is 16.0 Å². The van der Waals surface area contributed by atoms with E-state index in [9.17, 15) is 19.7 Å². The van der Waals surface area contributed by atoms with Gasteiger partial charge in [0.2, 0.25) is 0 Å². The Hall–Kier alpha value is -3.42. The molecule has 0 bridgehead atoms. The van der Waals surface area contributed by atoms with Crippen molar-refractivity contribution in [2.75, 3.05) is 7.11 Å². The molecule has 0 aliphatic carbocycles. The Balaban J connectivity index is 2.37. The molecular weight excluding hydrogens is 302 g/mol. The summed E-state index contributed by atoms with van der Waals surface area (Å²) in [6.07, 6.45) is 0. The third kappa shape index (κ3) is 2.35. The zero-order chi connectivity index (χ0) is 16.6. The van der Waals surface area contributed by atoms with Crippen molar-refractivity contribution < 1.29 is 9.66 Å². The summed E-state index contributed by atoms with van der Waals surface area (Å²) < 4.78 is 5.88. The molecule has 0 saturated carbocycles. The van der Waals surface area contributed by atoms with Crippen LogP contribution in [0.5, 0.6) is 5.75 Å². The number of non-ortho nitro benzene ring substituents is 1. The molecule has 0 aliphatic heterocycles. The molecule has 116 valence electrons. The molecule has 1 heterocycles. The number of rotatable bonds is 3. The largest absolute Gasteiger partial charge is 0.497 e. The molecule has 0 fully saturated rings. The summed E-state index contributed by atoms with van der Waals surface area (Å²) in [4.78, 5) is 37.8. The van der Waals surface area contributed by atoms with Crippen LogP contribution in [0, 0.1) is 10.1 Å². The maximum atomic E-state index is 12.6. The van der Waals surface area contributed by atoms with E-state index in [1.807, 2.05) is 0 Å². The zero-order valence-corrected chi connectivity index (χ0v) is 12.0. The van der Waals surface area contributed by atoms with Crippen molar-refractivity contribution >= 4 is 16.6 Å². The van der Waals surface area contributed by atoms with Gasteiger partial charge in [0.25, 0.3) is 11.2 Å². The first kappa shape index (κ1) is 14.5. The lowest BCUT2D eigenvalue weighted by Crippen LogP contribution is -2.33. The van der Waals surface area contributed by atoms with E-state index in [0.717, 1.165) is 4.57 Å². The summed E-state index contributed by atoms with van der Waals surface area (Å²) in [6.45, 7) is 0. The van der Waals surface area contributed by atoms with Crippen molar-refractivity contribution in [3.05, 3.63) is 73.4 Å². The van der Waals surface area contributed by atoms with Crippen molar-refractivity contribution in [1.82, 2.24) is 9.55 Å². The van der Waals surface area contributed by atoms with E-state index in [2.05, 4.69) is 4.98 Å². The molecule has 1 aromatic heterocycles. The van der Waals surface area contributed by atoms with Gasteiger partial charge in [-0.15, -0.1) is 0 Å². The lowest BCUT2D eigenvalue weighted by Gasteiger charge is -2.07. The maximum Gasteiger partial charge on any atom is 0.333 e. The molecule has 0 spiro atoms. The molecule has 8 heteroatoms. The first-order chi connectivity index (χ1) is 11.0. The number of nitrogens with zero attached hydrogens (tertiary/aromatic N) is 2. The fourth-order valence-corrected chi connectivity index (χ4v) is 2.36. The van der Waals surface area contributed by atoms with Gasteiger partial charge in [-0.3, -0.25) is 14.9 Å². The van der Waals surface area contributed by atoms with Gasteiger partial charge in [-0.2, -0.15) is 0 Å². The molecule has 1 N–H and O–H groups in total. The number of hydrogen-bond acceptors (Lipinski definition) is 5. The molecule has 3 rings (SSSR count). The smallest absolute Gasteiger partial charge is 0.333 e. The van der Waals surface area contributed by atoms with Gasteiger partial charge >= 0.3 is 5.69 Å². The minimum Gasteiger partial charge on any atom is -0.497 e. The Labute approximate surface area is 128 Å². The van der Waals surface area contributed by atoms with Crippen molar-refractivity contribution in [2.45, 2.75) is 0 Å². The predicted molar refractivity (Wildman–Crippen MR) is 83.4 cm³/mol. The molecule has 2 aromatic carbocycles. The Bertz CT molecular complexity index is 1020. The third-order valence-corrected chi connectivity index (χ3v) is 3.43. The average molecular weight is 313 g/mol. The first-order valence-corrected chi connectivity index (χ1v) is 6.60. The van der Waals surface area contributed by atoms with Crippen LogP contribution in [0.1, 0.15) is 0 Å². The highest BCUT2D eigenvalue weighted by Crippen LogP contribution is 2.20. The molecule has 0 atom stereocenters. The lowest BCUT2D eigenvalue weighted by molar-refractivity contribution is -0.383. The molecule has 0 unspecified atom stereocenters.